The molecule has 0 radical (unpaired) electrons. The fourth-order valence-electron chi connectivity index (χ4n) is 3.10. The molecule has 0 spiro atoms. The van der Waals surface area contributed by atoms with Gasteiger partial charge in [0.2, 0.25) is 5.91 Å². The van der Waals surface area contributed by atoms with Crippen molar-refractivity contribution in [2.24, 2.45) is 11.7 Å². The molecule has 2 amide bonds. The van der Waals surface area contributed by atoms with Gasteiger partial charge in [-0.2, -0.15) is 0 Å². The number of primary amides is 1. The van der Waals surface area contributed by atoms with Crippen molar-refractivity contribution in [3.63, 3.8) is 0 Å². The van der Waals surface area contributed by atoms with Crippen LogP contribution in [-0.4, -0.2) is 47.9 Å². The molecule has 1 aromatic heterocycles. The number of rotatable bonds is 3. The summed E-state index contributed by atoms with van der Waals surface area (Å²) in [5.74, 6) is 0.703. The highest BCUT2D eigenvalue weighted by Gasteiger charge is 2.30. The normalized spacial score (nSPS) is 19.5. The second-order valence-corrected chi connectivity index (χ2v) is 6.03. The average Bonchev–Trinajstić information content (AvgIpc) is 2.71. The lowest BCUT2D eigenvalue weighted by Crippen LogP contribution is -2.41. The van der Waals surface area contributed by atoms with Crippen LogP contribution in [0.15, 0.2) is 18.3 Å². The van der Waals surface area contributed by atoms with E-state index in [1.807, 2.05) is 4.90 Å². The van der Waals surface area contributed by atoms with Gasteiger partial charge in [-0.1, -0.05) is 6.42 Å². The van der Waals surface area contributed by atoms with Crippen molar-refractivity contribution in [3.05, 3.63) is 23.9 Å². The number of pyridine rings is 1. The second-order valence-electron chi connectivity index (χ2n) is 6.03. The molecule has 0 unspecified atom stereocenters. The van der Waals surface area contributed by atoms with Gasteiger partial charge >= 0.3 is 0 Å². The van der Waals surface area contributed by atoms with Crippen LogP contribution < -0.4 is 10.6 Å². The van der Waals surface area contributed by atoms with Crippen molar-refractivity contribution in [3.8, 4) is 0 Å². The molecule has 6 heteroatoms. The van der Waals surface area contributed by atoms with Gasteiger partial charge in [0.15, 0.2) is 0 Å². The summed E-state index contributed by atoms with van der Waals surface area (Å²) in [5.41, 5.74) is 5.88. The second kappa shape index (κ2) is 6.34. The zero-order chi connectivity index (χ0) is 15.5. The van der Waals surface area contributed by atoms with Gasteiger partial charge in [-0.05, 0) is 31.4 Å². The van der Waals surface area contributed by atoms with E-state index < -0.39 is 5.91 Å². The van der Waals surface area contributed by atoms with Crippen molar-refractivity contribution in [2.45, 2.75) is 25.7 Å². The first-order chi connectivity index (χ1) is 10.7. The third kappa shape index (κ3) is 2.91. The van der Waals surface area contributed by atoms with Crippen LogP contribution in [0, 0.1) is 5.92 Å². The van der Waals surface area contributed by atoms with Crippen LogP contribution in [-0.2, 0) is 4.79 Å². The first-order valence-electron chi connectivity index (χ1n) is 7.95. The summed E-state index contributed by atoms with van der Waals surface area (Å²) in [6.45, 7) is 2.94. The maximum Gasteiger partial charge on any atom is 0.252 e. The van der Waals surface area contributed by atoms with Crippen LogP contribution in [0.1, 0.15) is 36.0 Å². The third-order valence-corrected chi connectivity index (χ3v) is 4.61. The summed E-state index contributed by atoms with van der Waals surface area (Å²) in [7, 11) is 0. The first kappa shape index (κ1) is 14.8. The molecular formula is C16H22N4O2. The van der Waals surface area contributed by atoms with E-state index in [-0.39, 0.29) is 5.92 Å². The summed E-state index contributed by atoms with van der Waals surface area (Å²) in [6, 6.07) is 3.42. The maximum absolute atomic E-state index is 12.4. The van der Waals surface area contributed by atoms with Crippen molar-refractivity contribution in [2.75, 3.05) is 31.1 Å². The number of nitrogens with zero attached hydrogens (tertiary/aromatic N) is 3. The molecule has 3 rings (SSSR count). The van der Waals surface area contributed by atoms with E-state index in [9.17, 15) is 9.59 Å². The molecule has 1 saturated heterocycles. The van der Waals surface area contributed by atoms with E-state index in [1.54, 1.807) is 18.3 Å². The van der Waals surface area contributed by atoms with Crippen LogP contribution >= 0.6 is 0 Å². The van der Waals surface area contributed by atoms with E-state index in [0.717, 1.165) is 32.4 Å². The van der Waals surface area contributed by atoms with Crippen LogP contribution in [0.4, 0.5) is 5.82 Å². The van der Waals surface area contributed by atoms with Gasteiger partial charge in [-0.3, -0.25) is 9.59 Å². The Hall–Kier alpha value is -2.11. The Balaban J connectivity index is 1.70. The molecule has 2 heterocycles. The lowest BCUT2D eigenvalue weighted by atomic mass is 9.84. The molecule has 118 valence electrons. The molecule has 6 nitrogen and oxygen atoms in total. The molecule has 2 N–H and O–H groups in total. The Morgan fingerprint density at radius 1 is 1.14 bits per heavy atom. The van der Waals surface area contributed by atoms with Gasteiger partial charge in [0.25, 0.3) is 5.91 Å². The Morgan fingerprint density at radius 3 is 2.64 bits per heavy atom. The minimum absolute atomic E-state index is 0.239. The predicted molar refractivity (Wildman–Crippen MR) is 83.5 cm³/mol. The zero-order valence-electron chi connectivity index (χ0n) is 12.7. The fourth-order valence-corrected chi connectivity index (χ4v) is 3.10. The van der Waals surface area contributed by atoms with Gasteiger partial charge in [-0.15, -0.1) is 0 Å². The van der Waals surface area contributed by atoms with Crippen LogP contribution in [0.3, 0.4) is 0 Å². The summed E-state index contributed by atoms with van der Waals surface area (Å²) >= 11 is 0. The molecule has 0 atom stereocenters. The number of hydrogen-bond acceptors (Lipinski definition) is 4. The minimum atomic E-state index is -0.463. The maximum atomic E-state index is 12.4. The van der Waals surface area contributed by atoms with Crippen molar-refractivity contribution in [1.82, 2.24) is 9.88 Å². The number of aromatic nitrogens is 1. The van der Waals surface area contributed by atoms with Crippen LogP contribution in [0.5, 0.6) is 0 Å². The highest BCUT2D eigenvalue weighted by atomic mass is 16.2. The lowest BCUT2D eigenvalue weighted by Gasteiger charge is -2.31. The van der Waals surface area contributed by atoms with Gasteiger partial charge < -0.3 is 15.5 Å². The Morgan fingerprint density at radius 2 is 1.95 bits per heavy atom. The van der Waals surface area contributed by atoms with Gasteiger partial charge in [0, 0.05) is 38.3 Å². The summed E-state index contributed by atoms with van der Waals surface area (Å²) in [6.07, 6.45) is 5.79. The van der Waals surface area contributed by atoms with Crippen LogP contribution in [0.2, 0.25) is 0 Å². The lowest BCUT2D eigenvalue weighted by molar-refractivity contribution is -0.137. The van der Waals surface area contributed by atoms with E-state index in [2.05, 4.69) is 9.88 Å². The molecule has 2 fully saturated rings. The fraction of sp³-hybridized carbons (Fsp3) is 0.562. The summed E-state index contributed by atoms with van der Waals surface area (Å²) in [5, 5.41) is 0. The van der Waals surface area contributed by atoms with Gasteiger partial charge in [0.1, 0.15) is 5.82 Å². The van der Waals surface area contributed by atoms with E-state index in [4.69, 9.17) is 5.73 Å². The van der Waals surface area contributed by atoms with Crippen molar-refractivity contribution < 1.29 is 9.59 Å². The van der Waals surface area contributed by atoms with Crippen molar-refractivity contribution in [1.29, 1.82) is 0 Å². The Labute approximate surface area is 130 Å². The summed E-state index contributed by atoms with van der Waals surface area (Å²) in [4.78, 5) is 32.3. The van der Waals surface area contributed by atoms with E-state index in [0.29, 0.717) is 30.4 Å². The van der Waals surface area contributed by atoms with E-state index in [1.165, 1.54) is 6.42 Å². The molecule has 1 saturated carbocycles. The number of anilines is 1. The monoisotopic (exact) mass is 302 g/mol. The van der Waals surface area contributed by atoms with Crippen molar-refractivity contribution >= 4 is 17.6 Å². The Bertz CT molecular complexity index is 571. The highest BCUT2D eigenvalue weighted by molar-refractivity contribution is 5.97. The quantitative estimate of drug-likeness (QED) is 0.904. The molecular weight excluding hydrogens is 280 g/mol. The van der Waals surface area contributed by atoms with E-state index >= 15 is 0 Å². The highest BCUT2D eigenvalue weighted by Crippen LogP contribution is 2.29. The Kier molecular flexibility index (Phi) is 4.27. The number of hydrogen-bond donors (Lipinski definition) is 1. The topological polar surface area (TPSA) is 79.5 Å². The molecule has 2 aliphatic rings. The molecule has 22 heavy (non-hydrogen) atoms. The predicted octanol–water partition coefficient (Wildman–Crippen LogP) is 1.02. The third-order valence-electron chi connectivity index (χ3n) is 4.61. The number of carbonyl (C=O) groups is 2. The summed E-state index contributed by atoms with van der Waals surface area (Å²) < 4.78 is 0. The van der Waals surface area contributed by atoms with Gasteiger partial charge in [0.05, 0.1) is 5.56 Å². The largest absolute Gasteiger partial charge is 0.365 e. The first-order valence-corrected chi connectivity index (χ1v) is 7.95. The number of carbonyl (C=O) groups excluding carboxylic acids is 2. The smallest absolute Gasteiger partial charge is 0.252 e. The molecule has 1 aromatic rings. The number of nitrogens with two attached hydrogens (primary N) is 1. The standard InChI is InChI=1S/C16H22N4O2/c17-14(21)13-6-2-7-18-15(13)19-8-3-9-20(11-10-19)16(22)12-4-1-5-12/h2,6-7,12H,1,3-5,8-11H2,(H2,17,21). The molecule has 1 aliphatic carbocycles. The van der Waals surface area contributed by atoms with Gasteiger partial charge in [-0.25, -0.2) is 4.98 Å². The van der Waals surface area contributed by atoms with Crippen LogP contribution in [0.25, 0.3) is 0 Å². The molecule has 0 aromatic carbocycles. The molecule has 1 aliphatic heterocycles. The molecule has 0 bridgehead atoms. The number of amides is 2. The minimum Gasteiger partial charge on any atom is -0.365 e. The zero-order valence-corrected chi connectivity index (χ0v) is 12.7. The average molecular weight is 302 g/mol. The SMILES string of the molecule is NC(=O)c1cccnc1N1CCCN(C(=O)C2CCC2)CC1.